The van der Waals surface area contributed by atoms with Gasteiger partial charge in [-0.05, 0) is 62.9 Å². The van der Waals surface area contributed by atoms with Gasteiger partial charge in [-0.2, -0.15) is 0 Å². The van der Waals surface area contributed by atoms with Crippen LogP contribution in [-0.4, -0.2) is 12.1 Å². The molecule has 1 atom stereocenters. The molecule has 1 aromatic rings. The Morgan fingerprint density at radius 1 is 1.47 bits per heavy atom. The van der Waals surface area contributed by atoms with Crippen LogP contribution in [0.1, 0.15) is 30.9 Å². The topological polar surface area (TPSA) is 12.0 Å². The summed E-state index contributed by atoms with van der Waals surface area (Å²) in [4.78, 5) is 0. The fourth-order valence-corrected chi connectivity index (χ4v) is 2.39. The molecule has 0 aliphatic carbocycles. The number of hydrogen-bond donors (Lipinski definition) is 1. The van der Waals surface area contributed by atoms with Crippen LogP contribution in [0.15, 0.2) is 18.2 Å². The highest BCUT2D eigenvalue weighted by Gasteiger charge is 2.28. The summed E-state index contributed by atoms with van der Waals surface area (Å²) in [6, 6.07) is 5.09. The molecule has 1 aromatic carbocycles. The minimum Gasteiger partial charge on any atom is -0.311 e. The van der Waals surface area contributed by atoms with E-state index >= 15 is 0 Å². The van der Waals surface area contributed by atoms with E-state index in [0.29, 0.717) is 0 Å². The van der Waals surface area contributed by atoms with Gasteiger partial charge in [0.05, 0.1) is 0 Å². The SMILES string of the molecule is Cc1cc(F)ccc1CC1(C)CCCN1. The molecule has 0 saturated carbocycles. The van der Waals surface area contributed by atoms with Crippen molar-refractivity contribution in [1.82, 2.24) is 5.32 Å². The van der Waals surface area contributed by atoms with Crippen LogP contribution in [-0.2, 0) is 6.42 Å². The van der Waals surface area contributed by atoms with Gasteiger partial charge >= 0.3 is 0 Å². The average molecular weight is 207 g/mol. The number of benzene rings is 1. The van der Waals surface area contributed by atoms with E-state index < -0.39 is 0 Å². The van der Waals surface area contributed by atoms with Gasteiger partial charge in [-0.25, -0.2) is 4.39 Å². The summed E-state index contributed by atoms with van der Waals surface area (Å²) in [5.41, 5.74) is 2.53. The lowest BCUT2D eigenvalue weighted by Crippen LogP contribution is -2.38. The average Bonchev–Trinajstić information content (AvgIpc) is 2.58. The highest BCUT2D eigenvalue weighted by molar-refractivity contribution is 5.28. The molecule has 0 bridgehead atoms. The molecule has 1 N–H and O–H groups in total. The molecule has 1 aliphatic heterocycles. The largest absolute Gasteiger partial charge is 0.311 e. The van der Waals surface area contributed by atoms with Crippen LogP contribution in [0.3, 0.4) is 0 Å². The third-order valence-electron chi connectivity index (χ3n) is 3.34. The van der Waals surface area contributed by atoms with Gasteiger partial charge < -0.3 is 5.32 Å². The zero-order valence-corrected chi connectivity index (χ0v) is 9.44. The van der Waals surface area contributed by atoms with Crippen molar-refractivity contribution < 1.29 is 4.39 Å². The fraction of sp³-hybridized carbons (Fsp3) is 0.538. The molecule has 0 radical (unpaired) electrons. The number of halogens is 1. The first-order chi connectivity index (χ1) is 7.09. The molecule has 1 nitrogen and oxygen atoms in total. The monoisotopic (exact) mass is 207 g/mol. The quantitative estimate of drug-likeness (QED) is 0.786. The number of hydrogen-bond acceptors (Lipinski definition) is 1. The fourth-order valence-electron chi connectivity index (χ4n) is 2.39. The Morgan fingerprint density at radius 3 is 2.87 bits per heavy atom. The molecule has 0 amide bonds. The predicted molar refractivity (Wildman–Crippen MR) is 60.5 cm³/mol. The Balaban J connectivity index is 2.16. The second-order valence-electron chi connectivity index (χ2n) is 4.84. The molecule has 15 heavy (non-hydrogen) atoms. The third-order valence-corrected chi connectivity index (χ3v) is 3.34. The Kier molecular flexibility index (Phi) is 2.79. The van der Waals surface area contributed by atoms with Gasteiger partial charge in [0.15, 0.2) is 0 Å². The van der Waals surface area contributed by atoms with E-state index in [4.69, 9.17) is 0 Å². The lowest BCUT2D eigenvalue weighted by atomic mass is 9.89. The second kappa shape index (κ2) is 3.93. The van der Waals surface area contributed by atoms with Gasteiger partial charge in [0.1, 0.15) is 5.82 Å². The normalized spacial score (nSPS) is 25.8. The van der Waals surface area contributed by atoms with Crippen molar-refractivity contribution in [3.05, 3.63) is 35.1 Å². The van der Waals surface area contributed by atoms with Gasteiger partial charge in [-0.3, -0.25) is 0 Å². The van der Waals surface area contributed by atoms with Gasteiger partial charge in [-0.1, -0.05) is 6.07 Å². The van der Waals surface area contributed by atoms with Crippen molar-refractivity contribution in [1.29, 1.82) is 0 Å². The van der Waals surface area contributed by atoms with E-state index in [1.165, 1.54) is 18.4 Å². The Bertz CT molecular complexity index is 354. The zero-order chi connectivity index (χ0) is 10.9. The first kappa shape index (κ1) is 10.6. The first-order valence-electron chi connectivity index (χ1n) is 5.59. The van der Waals surface area contributed by atoms with Crippen molar-refractivity contribution in [2.45, 2.75) is 38.6 Å². The highest BCUT2D eigenvalue weighted by Crippen LogP contribution is 2.25. The smallest absolute Gasteiger partial charge is 0.123 e. The van der Waals surface area contributed by atoms with E-state index in [1.807, 2.05) is 13.0 Å². The number of aryl methyl sites for hydroxylation is 1. The Morgan fingerprint density at radius 2 is 2.27 bits per heavy atom. The summed E-state index contributed by atoms with van der Waals surface area (Å²) in [7, 11) is 0. The van der Waals surface area contributed by atoms with Gasteiger partial charge in [0, 0.05) is 5.54 Å². The van der Waals surface area contributed by atoms with Crippen molar-refractivity contribution in [2.75, 3.05) is 6.54 Å². The number of nitrogens with one attached hydrogen (secondary N) is 1. The van der Waals surface area contributed by atoms with E-state index in [-0.39, 0.29) is 11.4 Å². The summed E-state index contributed by atoms with van der Waals surface area (Å²) < 4.78 is 12.9. The molecule has 0 aromatic heterocycles. The molecule has 1 fully saturated rings. The maximum absolute atomic E-state index is 12.9. The molecule has 1 aliphatic rings. The molecule has 0 spiro atoms. The zero-order valence-electron chi connectivity index (χ0n) is 9.44. The Hall–Kier alpha value is -0.890. The summed E-state index contributed by atoms with van der Waals surface area (Å²) in [5, 5.41) is 3.53. The van der Waals surface area contributed by atoms with E-state index in [1.54, 1.807) is 12.1 Å². The lowest BCUT2D eigenvalue weighted by Gasteiger charge is -2.25. The van der Waals surface area contributed by atoms with Crippen LogP contribution >= 0.6 is 0 Å². The van der Waals surface area contributed by atoms with Crippen LogP contribution in [0, 0.1) is 12.7 Å². The van der Waals surface area contributed by atoms with Crippen LogP contribution in [0.25, 0.3) is 0 Å². The van der Waals surface area contributed by atoms with Gasteiger partial charge in [0.25, 0.3) is 0 Å². The molecule has 1 heterocycles. The molecule has 2 rings (SSSR count). The van der Waals surface area contributed by atoms with Crippen LogP contribution < -0.4 is 5.32 Å². The van der Waals surface area contributed by atoms with Crippen molar-refractivity contribution in [3.8, 4) is 0 Å². The highest BCUT2D eigenvalue weighted by atomic mass is 19.1. The predicted octanol–water partition coefficient (Wildman–Crippen LogP) is 2.82. The molecule has 82 valence electrons. The summed E-state index contributed by atoms with van der Waals surface area (Å²) in [5.74, 6) is -0.138. The second-order valence-corrected chi connectivity index (χ2v) is 4.84. The molecule has 1 saturated heterocycles. The van der Waals surface area contributed by atoms with Crippen LogP contribution in [0.4, 0.5) is 4.39 Å². The third kappa shape index (κ3) is 2.37. The van der Waals surface area contributed by atoms with Crippen LogP contribution in [0.5, 0.6) is 0 Å². The van der Waals surface area contributed by atoms with Crippen molar-refractivity contribution in [2.24, 2.45) is 0 Å². The maximum atomic E-state index is 12.9. The molecular weight excluding hydrogens is 189 g/mol. The molecular formula is C13H18FN. The van der Waals surface area contributed by atoms with Crippen LogP contribution in [0.2, 0.25) is 0 Å². The minimum atomic E-state index is -0.138. The molecule has 2 heteroatoms. The van der Waals surface area contributed by atoms with E-state index in [9.17, 15) is 4.39 Å². The van der Waals surface area contributed by atoms with Crippen molar-refractivity contribution in [3.63, 3.8) is 0 Å². The summed E-state index contributed by atoms with van der Waals surface area (Å²) >= 11 is 0. The number of rotatable bonds is 2. The first-order valence-corrected chi connectivity index (χ1v) is 5.59. The lowest BCUT2D eigenvalue weighted by molar-refractivity contribution is 0.411. The van der Waals surface area contributed by atoms with E-state index in [2.05, 4.69) is 12.2 Å². The summed E-state index contributed by atoms with van der Waals surface area (Å²) in [6.45, 7) is 5.34. The summed E-state index contributed by atoms with van der Waals surface area (Å²) in [6.07, 6.45) is 3.46. The standard InChI is InChI=1S/C13H18FN/c1-10-8-12(14)5-4-11(10)9-13(2)6-3-7-15-13/h4-5,8,15H,3,6-7,9H2,1-2H3. The molecule has 1 unspecified atom stereocenters. The maximum Gasteiger partial charge on any atom is 0.123 e. The van der Waals surface area contributed by atoms with E-state index in [0.717, 1.165) is 18.5 Å². The van der Waals surface area contributed by atoms with Crippen molar-refractivity contribution >= 4 is 0 Å². The minimum absolute atomic E-state index is 0.138. The van der Waals surface area contributed by atoms with Gasteiger partial charge in [-0.15, -0.1) is 0 Å². The van der Waals surface area contributed by atoms with Gasteiger partial charge in [0.2, 0.25) is 0 Å². The Labute approximate surface area is 90.7 Å².